The molecule has 0 aliphatic rings. The first-order valence-electron chi connectivity index (χ1n) is 7.73. The van der Waals surface area contributed by atoms with Gasteiger partial charge in [-0.1, -0.05) is 6.07 Å². The van der Waals surface area contributed by atoms with Gasteiger partial charge < -0.3 is 15.1 Å². The van der Waals surface area contributed by atoms with Gasteiger partial charge in [0.2, 0.25) is 0 Å². The van der Waals surface area contributed by atoms with E-state index in [1.807, 2.05) is 54.2 Å². The molecular weight excluding hydrogens is 324 g/mol. The van der Waals surface area contributed by atoms with E-state index < -0.39 is 0 Å². The number of nitrogens with one attached hydrogen (secondary N) is 2. The van der Waals surface area contributed by atoms with Crippen LogP contribution in [0.1, 0.15) is 28.1 Å². The van der Waals surface area contributed by atoms with E-state index in [9.17, 15) is 4.79 Å². The summed E-state index contributed by atoms with van der Waals surface area (Å²) in [5.41, 5.74) is 1.96. The average Bonchev–Trinajstić information content (AvgIpc) is 3.29. The number of aromatic nitrogens is 2. The van der Waals surface area contributed by atoms with Gasteiger partial charge >= 0.3 is 6.03 Å². The summed E-state index contributed by atoms with van der Waals surface area (Å²) in [6.07, 6.45) is 1.63. The molecule has 6 nitrogen and oxygen atoms in total. The largest absolute Gasteiger partial charge is 0.467 e. The lowest BCUT2D eigenvalue weighted by atomic mass is 10.2. The number of hydrogen-bond acceptors (Lipinski definition) is 4. The lowest BCUT2D eigenvalue weighted by Gasteiger charge is -2.18. The summed E-state index contributed by atoms with van der Waals surface area (Å²) in [7, 11) is 0. The third-order valence-electron chi connectivity index (χ3n) is 3.67. The molecule has 0 saturated heterocycles. The van der Waals surface area contributed by atoms with Crippen LogP contribution in [0, 0.1) is 13.8 Å². The van der Waals surface area contributed by atoms with Crippen molar-refractivity contribution in [2.75, 3.05) is 6.54 Å². The Morgan fingerprint density at radius 1 is 1.33 bits per heavy atom. The number of thiophene rings is 1. The summed E-state index contributed by atoms with van der Waals surface area (Å²) in [6, 6.07) is 9.31. The van der Waals surface area contributed by atoms with Crippen molar-refractivity contribution < 1.29 is 9.21 Å². The van der Waals surface area contributed by atoms with Gasteiger partial charge in [0.1, 0.15) is 11.8 Å². The zero-order valence-corrected chi connectivity index (χ0v) is 14.5. The molecule has 3 aromatic rings. The third kappa shape index (κ3) is 3.86. The van der Waals surface area contributed by atoms with Crippen molar-refractivity contribution in [3.05, 3.63) is 64.0 Å². The minimum atomic E-state index is -0.207. The fraction of sp³-hybridized carbons (Fsp3) is 0.294. The Morgan fingerprint density at radius 2 is 2.21 bits per heavy atom. The van der Waals surface area contributed by atoms with Crippen LogP contribution in [0.3, 0.4) is 0 Å². The smallest absolute Gasteiger partial charge is 0.315 e. The van der Waals surface area contributed by atoms with Crippen molar-refractivity contribution in [3.8, 4) is 0 Å². The van der Waals surface area contributed by atoms with Crippen LogP contribution < -0.4 is 10.6 Å². The highest BCUT2D eigenvalue weighted by molar-refractivity contribution is 7.09. The summed E-state index contributed by atoms with van der Waals surface area (Å²) in [6.45, 7) is 4.86. The van der Waals surface area contributed by atoms with Gasteiger partial charge in [0.15, 0.2) is 0 Å². The fourth-order valence-electron chi connectivity index (χ4n) is 2.58. The highest BCUT2D eigenvalue weighted by atomic mass is 32.1. The minimum Gasteiger partial charge on any atom is -0.467 e. The molecule has 0 spiro atoms. The molecule has 0 bridgehead atoms. The summed E-state index contributed by atoms with van der Waals surface area (Å²) in [5.74, 6) is 0.764. The molecule has 2 amide bonds. The number of rotatable bonds is 6. The molecular formula is C17H20N4O2S. The van der Waals surface area contributed by atoms with Crippen molar-refractivity contribution in [3.63, 3.8) is 0 Å². The summed E-state index contributed by atoms with van der Waals surface area (Å²) < 4.78 is 7.42. The van der Waals surface area contributed by atoms with Gasteiger partial charge in [0.25, 0.3) is 0 Å². The van der Waals surface area contributed by atoms with Gasteiger partial charge in [-0.15, -0.1) is 11.3 Å². The maximum Gasteiger partial charge on any atom is 0.315 e. The van der Waals surface area contributed by atoms with Gasteiger partial charge in [0.05, 0.1) is 18.5 Å². The molecule has 1 unspecified atom stereocenters. The number of amides is 2. The number of hydrogen-bond donors (Lipinski definition) is 2. The van der Waals surface area contributed by atoms with E-state index >= 15 is 0 Å². The monoisotopic (exact) mass is 344 g/mol. The maximum atomic E-state index is 12.1. The molecule has 0 aromatic carbocycles. The zero-order valence-electron chi connectivity index (χ0n) is 13.7. The van der Waals surface area contributed by atoms with Crippen LogP contribution in [0.25, 0.3) is 0 Å². The third-order valence-corrected chi connectivity index (χ3v) is 4.55. The number of aryl methyl sites for hydroxylation is 2. The molecule has 3 aromatic heterocycles. The number of furan rings is 1. The van der Waals surface area contributed by atoms with Crippen molar-refractivity contribution in [1.82, 2.24) is 20.4 Å². The van der Waals surface area contributed by atoms with Crippen LogP contribution >= 0.6 is 11.3 Å². The molecule has 3 rings (SSSR count). The maximum absolute atomic E-state index is 12.1. The van der Waals surface area contributed by atoms with Crippen LogP contribution in [0.4, 0.5) is 4.79 Å². The molecule has 3 heterocycles. The SMILES string of the molecule is Cc1cc(C)n(C(CNC(=O)NCc2cccs2)c2ccco2)n1. The normalized spacial score (nSPS) is 12.1. The topological polar surface area (TPSA) is 72.1 Å². The Kier molecular flexibility index (Phi) is 5.00. The highest BCUT2D eigenvalue weighted by Crippen LogP contribution is 2.20. The van der Waals surface area contributed by atoms with E-state index in [0.717, 1.165) is 22.0 Å². The Labute approximate surface area is 144 Å². The predicted octanol–water partition coefficient (Wildman–Crippen LogP) is 3.24. The Morgan fingerprint density at radius 3 is 2.83 bits per heavy atom. The second-order valence-corrected chi connectivity index (χ2v) is 6.58. The standard InChI is InChI=1S/C17H20N4O2S/c1-12-9-13(2)21(20-12)15(16-6-3-7-23-16)11-19-17(22)18-10-14-5-4-8-24-14/h3-9,15H,10-11H2,1-2H3,(H2,18,19,22). The van der Waals surface area contributed by atoms with Crippen LogP contribution in [0.5, 0.6) is 0 Å². The van der Waals surface area contributed by atoms with Crippen molar-refractivity contribution >= 4 is 17.4 Å². The number of carbonyl (C=O) groups excluding carboxylic acids is 1. The van der Waals surface area contributed by atoms with E-state index in [1.54, 1.807) is 17.6 Å². The molecule has 126 valence electrons. The lowest BCUT2D eigenvalue weighted by molar-refractivity contribution is 0.238. The Balaban J connectivity index is 1.64. The van der Waals surface area contributed by atoms with E-state index in [0.29, 0.717) is 13.1 Å². The van der Waals surface area contributed by atoms with Crippen LogP contribution in [-0.2, 0) is 6.54 Å². The van der Waals surface area contributed by atoms with Crippen LogP contribution in [-0.4, -0.2) is 22.4 Å². The Bertz CT molecular complexity index is 778. The molecule has 7 heteroatoms. The van der Waals surface area contributed by atoms with Crippen molar-refractivity contribution in [1.29, 1.82) is 0 Å². The van der Waals surface area contributed by atoms with Crippen LogP contribution in [0.15, 0.2) is 46.4 Å². The molecule has 1 atom stereocenters. The summed E-state index contributed by atoms with van der Waals surface area (Å²) in [4.78, 5) is 13.2. The average molecular weight is 344 g/mol. The summed E-state index contributed by atoms with van der Waals surface area (Å²) >= 11 is 1.62. The summed E-state index contributed by atoms with van der Waals surface area (Å²) in [5, 5.41) is 12.3. The van der Waals surface area contributed by atoms with Gasteiger partial charge in [-0.05, 0) is 43.5 Å². The number of nitrogens with zero attached hydrogens (tertiary/aromatic N) is 2. The highest BCUT2D eigenvalue weighted by Gasteiger charge is 2.20. The van der Waals surface area contributed by atoms with Gasteiger partial charge in [0, 0.05) is 17.1 Å². The molecule has 0 radical (unpaired) electrons. The number of urea groups is 1. The lowest BCUT2D eigenvalue weighted by Crippen LogP contribution is -2.38. The first kappa shape index (κ1) is 16.3. The minimum absolute atomic E-state index is 0.179. The van der Waals surface area contributed by atoms with E-state index in [4.69, 9.17) is 4.42 Å². The van der Waals surface area contributed by atoms with Gasteiger partial charge in [-0.3, -0.25) is 4.68 Å². The fourth-order valence-corrected chi connectivity index (χ4v) is 3.23. The molecule has 0 aliphatic carbocycles. The zero-order chi connectivity index (χ0) is 16.9. The van der Waals surface area contributed by atoms with E-state index in [2.05, 4.69) is 15.7 Å². The quantitative estimate of drug-likeness (QED) is 0.721. The first-order chi connectivity index (χ1) is 11.6. The second kappa shape index (κ2) is 7.35. The van der Waals surface area contributed by atoms with Crippen molar-refractivity contribution in [2.24, 2.45) is 0 Å². The van der Waals surface area contributed by atoms with E-state index in [-0.39, 0.29) is 12.1 Å². The van der Waals surface area contributed by atoms with Gasteiger partial charge in [-0.25, -0.2) is 4.79 Å². The van der Waals surface area contributed by atoms with Gasteiger partial charge in [-0.2, -0.15) is 5.10 Å². The van der Waals surface area contributed by atoms with Crippen molar-refractivity contribution in [2.45, 2.75) is 26.4 Å². The first-order valence-corrected chi connectivity index (χ1v) is 8.61. The molecule has 0 fully saturated rings. The Hall–Kier alpha value is -2.54. The number of carbonyl (C=O) groups is 1. The molecule has 0 aliphatic heterocycles. The molecule has 2 N–H and O–H groups in total. The molecule has 24 heavy (non-hydrogen) atoms. The molecule has 0 saturated carbocycles. The second-order valence-electron chi connectivity index (χ2n) is 5.55. The predicted molar refractivity (Wildman–Crippen MR) is 93.1 cm³/mol. The van der Waals surface area contributed by atoms with Crippen LogP contribution in [0.2, 0.25) is 0 Å². The van der Waals surface area contributed by atoms with E-state index in [1.165, 1.54) is 0 Å².